The van der Waals surface area contributed by atoms with Crippen molar-refractivity contribution in [3.05, 3.63) is 12.7 Å². The minimum atomic E-state index is -3.69. The van der Waals surface area contributed by atoms with Crippen LogP contribution in [0, 0.1) is 5.92 Å². The number of aromatic nitrogens is 4. The highest BCUT2D eigenvalue weighted by Crippen LogP contribution is 2.40. The molecule has 0 amide bonds. The fraction of sp³-hybridized carbons (Fsp3) is 0.696. The topological polar surface area (TPSA) is 173 Å². The number of imidazole rings is 1. The van der Waals surface area contributed by atoms with Gasteiger partial charge in [-0.1, -0.05) is 13.8 Å². The standard InChI is InChI=1S/C23H40N7O6P/c1-14(2)10-34-21(31)17(6)28-37(33,29-23(7,8)22(32)36-15(3)4)13-35-16(5)9-30-12-27-18-19(24)25-11-26-20(18)30/h11-12,14-17H,9-10,13H2,1-8H3,(H2,24,25,26)(H2,28,29,33)/t16-,17-,37+/m1/s1. The largest absolute Gasteiger partial charge is 0.464 e. The lowest BCUT2D eigenvalue weighted by Crippen LogP contribution is -2.51. The number of nitrogens with zero attached hydrogens (tertiary/aromatic N) is 4. The monoisotopic (exact) mass is 541 g/mol. The highest BCUT2D eigenvalue weighted by Gasteiger charge is 2.39. The Morgan fingerprint density at radius 2 is 1.81 bits per heavy atom. The Balaban J connectivity index is 2.17. The van der Waals surface area contributed by atoms with Gasteiger partial charge >= 0.3 is 11.9 Å². The van der Waals surface area contributed by atoms with Crippen LogP contribution >= 0.6 is 7.44 Å². The third kappa shape index (κ3) is 9.03. The molecule has 2 heterocycles. The minimum Gasteiger partial charge on any atom is -0.464 e. The molecule has 0 bridgehead atoms. The average Bonchev–Trinajstić information content (AvgIpc) is 3.19. The first-order chi connectivity index (χ1) is 17.1. The van der Waals surface area contributed by atoms with Crippen molar-refractivity contribution in [1.82, 2.24) is 29.7 Å². The molecule has 0 unspecified atom stereocenters. The number of esters is 2. The molecule has 0 aliphatic heterocycles. The van der Waals surface area contributed by atoms with Crippen LogP contribution in [0.25, 0.3) is 11.2 Å². The zero-order chi connectivity index (χ0) is 28.0. The first kappa shape index (κ1) is 30.6. The number of nitrogen functional groups attached to an aromatic ring is 1. The van der Waals surface area contributed by atoms with Crippen molar-refractivity contribution in [2.45, 2.75) is 85.7 Å². The molecule has 13 nitrogen and oxygen atoms in total. The molecule has 37 heavy (non-hydrogen) atoms. The molecule has 2 aromatic rings. The van der Waals surface area contributed by atoms with Gasteiger partial charge in [0.1, 0.15) is 29.8 Å². The van der Waals surface area contributed by atoms with Gasteiger partial charge in [-0.05, 0) is 47.5 Å². The number of rotatable bonds is 14. The molecule has 2 rings (SSSR count). The third-order valence-corrected chi connectivity index (χ3v) is 7.29. The van der Waals surface area contributed by atoms with Gasteiger partial charge in [-0.2, -0.15) is 0 Å². The predicted molar refractivity (Wildman–Crippen MR) is 140 cm³/mol. The van der Waals surface area contributed by atoms with Gasteiger partial charge in [0.25, 0.3) is 0 Å². The molecule has 0 aromatic carbocycles. The Labute approximate surface area is 217 Å². The summed E-state index contributed by atoms with van der Waals surface area (Å²) in [5.41, 5.74) is 5.53. The summed E-state index contributed by atoms with van der Waals surface area (Å²) in [7, 11) is -3.69. The second-order valence-corrected chi connectivity index (χ2v) is 12.5. The fourth-order valence-electron chi connectivity index (χ4n) is 3.29. The molecule has 0 saturated carbocycles. The molecule has 0 radical (unpaired) electrons. The number of fused-ring (bicyclic) bond motifs is 1. The van der Waals surface area contributed by atoms with Crippen LogP contribution in [0.1, 0.15) is 55.4 Å². The van der Waals surface area contributed by atoms with Gasteiger partial charge in [-0.15, -0.1) is 0 Å². The van der Waals surface area contributed by atoms with E-state index in [2.05, 4.69) is 25.1 Å². The van der Waals surface area contributed by atoms with Gasteiger partial charge < -0.3 is 24.5 Å². The van der Waals surface area contributed by atoms with Crippen molar-refractivity contribution in [3.63, 3.8) is 0 Å². The maximum atomic E-state index is 14.0. The van der Waals surface area contributed by atoms with E-state index in [-0.39, 0.29) is 30.8 Å². The van der Waals surface area contributed by atoms with Crippen molar-refractivity contribution in [2.24, 2.45) is 5.92 Å². The Kier molecular flexibility index (Phi) is 10.6. The number of hydrogen-bond donors (Lipinski definition) is 3. The Morgan fingerprint density at radius 3 is 2.43 bits per heavy atom. The molecule has 14 heteroatoms. The van der Waals surface area contributed by atoms with Crippen molar-refractivity contribution in [2.75, 3.05) is 18.7 Å². The Morgan fingerprint density at radius 1 is 1.14 bits per heavy atom. The SMILES string of the molecule is CC(C)COC(=O)[C@@H](C)N[P@@](=O)(CO[C@H](C)Cn1cnc2c(N)ncnc21)NC(C)(C)C(=O)OC(C)C. The van der Waals surface area contributed by atoms with E-state index in [1.807, 2.05) is 13.8 Å². The van der Waals surface area contributed by atoms with Gasteiger partial charge in [0, 0.05) is 0 Å². The third-order valence-electron chi connectivity index (χ3n) is 5.05. The molecule has 4 N–H and O–H groups in total. The number of ether oxygens (including phenoxy) is 3. The molecule has 2 aromatic heterocycles. The van der Waals surface area contributed by atoms with E-state index in [1.165, 1.54) is 6.33 Å². The maximum absolute atomic E-state index is 14.0. The maximum Gasteiger partial charge on any atom is 0.326 e. The summed E-state index contributed by atoms with van der Waals surface area (Å²) in [4.78, 5) is 37.5. The number of nitrogens with one attached hydrogen (secondary N) is 2. The van der Waals surface area contributed by atoms with Crippen LogP contribution in [0.3, 0.4) is 0 Å². The van der Waals surface area contributed by atoms with Gasteiger partial charge in [0.05, 0.1) is 31.7 Å². The number of nitrogens with two attached hydrogens (primary N) is 1. The van der Waals surface area contributed by atoms with E-state index in [0.717, 1.165) is 0 Å². The Hall–Kier alpha value is -2.60. The fourth-order valence-corrected chi connectivity index (χ4v) is 5.69. The lowest BCUT2D eigenvalue weighted by atomic mass is 10.1. The second-order valence-electron chi connectivity index (χ2n) is 10.2. The molecular formula is C23H40N7O6P. The summed E-state index contributed by atoms with van der Waals surface area (Å²) in [6.07, 6.45) is 1.80. The van der Waals surface area contributed by atoms with Crippen molar-refractivity contribution >= 4 is 36.4 Å². The molecule has 3 atom stereocenters. The highest BCUT2D eigenvalue weighted by atomic mass is 31.2. The Bertz CT molecular complexity index is 1120. The predicted octanol–water partition coefficient (Wildman–Crippen LogP) is 2.46. The smallest absolute Gasteiger partial charge is 0.326 e. The molecular weight excluding hydrogens is 501 g/mol. The first-order valence-corrected chi connectivity index (χ1v) is 14.1. The molecule has 0 fully saturated rings. The number of hydrogen-bond acceptors (Lipinski definition) is 10. The van der Waals surface area contributed by atoms with E-state index in [9.17, 15) is 14.2 Å². The number of carbonyl (C=O) groups is 2. The molecule has 0 spiro atoms. The van der Waals surface area contributed by atoms with Crippen molar-refractivity contribution in [1.29, 1.82) is 0 Å². The molecule has 0 aliphatic rings. The second kappa shape index (κ2) is 12.8. The average molecular weight is 542 g/mol. The minimum absolute atomic E-state index is 0.148. The van der Waals surface area contributed by atoms with Gasteiger partial charge in [-0.25, -0.2) is 25.1 Å². The number of carbonyl (C=O) groups excluding carboxylic acids is 2. The van der Waals surface area contributed by atoms with Crippen LogP contribution in [0.5, 0.6) is 0 Å². The molecule has 0 saturated heterocycles. The summed E-state index contributed by atoms with van der Waals surface area (Å²) < 4.78 is 32.3. The lowest BCUT2D eigenvalue weighted by molar-refractivity contribution is -0.153. The first-order valence-electron chi connectivity index (χ1n) is 12.2. The van der Waals surface area contributed by atoms with E-state index < -0.39 is 37.1 Å². The summed E-state index contributed by atoms with van der Waals surface area (Å²) in [5.74, 6) is -0.734. The van der Waals surface area contributed by atoms with Gasteiger partial charge in [-0.3, -0.25) is 14.2 Å². The van der Waals surface area contributed by atoms with Crippen LogP contribution in [0.15, 0.2) is 12.7 Å². The lowest BCUT2D eigenvalue weighted by Gasteiger charge is -2.32. The molecule has 0 aliphatic carbocycles. The zero-order valence-corrected chi connectivity index (χ0v) is 23.7. The van der Waals surface area contributed by atoms with Crippen molar-refractivity contribution in [3.8, 4) is 0 Å². The molecule has 208 valence electrons. The van der Waals surface area contributed by atoms with Crippen molar-refractivity contribution < 1.29 is 28.4 Å². The van der Waals surface area contributed by atoms with Crippen LogP contribution < -0.4 is 15.9 Å². The highest BCUT2D eigenvalue weighted by molar-refractivity contribution is 7.59. The van der Waals surface area contributed by atoms with Gasteiger partial charge in [0.2, 0.25) is 7.44 Å². The van der Waals surface area contributed by atoms with Crippen LogP contribution in [0.2, 0.25) is 0 Å². The quantitative estimate of drug-likeness (QED) is 0.236. The summed E-state index contributed by atoms with van der Waals surface area (Å²) >= 11 is 0. The van der Waals surface area contributed by atoms with E-state index in [4.69, 9.17) is 19.9 Å². The zero-order valence-electron chi connectivity index (χ0n) is 22.8. The summed E-state index contributed by atoms with van der Waals surface area (Å²) in [6.45, 7) is 14.3. The van der Waals surface area contributed by atoms with Gasteiger partial charge in [0.15, 0.2) is 11.5 Å². The number of anilines is 1. The van der Waals surface area contributed by atoms with Crippen LogP contribution in [-0.4, -0.2) is 68.2 Å². The van der Waals surface area contributed by atoms with E-state index in [0.29, 0.717) is 17.7 Å². The summed E-state index contributed by atoms with van der Waals surface area (Å²) in [6, 6.07) is -0.926. The van der Waals surface area contributed by atoms with Crippen LogP contribution in [-0.2, 0) is 34.9 Å². The van der Waals surface area contributed by atoms with E-state index in [1.54, 1.807) is 52.4 Å². The normalized spacial score (nSPS) is 15.5. The summed E-state index contributed by atoms with van der Waals surface area (Å²) in [5, 5.41) is 5.67. The van der Waals surface area contributed by atoms with E-state index >= 15 is 0 Å². The van der Waals surface area contributed by atoms with Crippen LogP contribution in [0.4, 0.5) is 5.82 Å².